The summed E-state index contributed by atoms with van der Waals surface area (Å²) in [4.78, 5) is 12.1. The molecule has 0 amide bonds. The van der Waals surface area contributed by atoms with E-state index >= 15 is 0 Å². The van der Waals surface area contributed by atoms with E-state index in [-0.39, 0.29) is 16.6 Å². The molecule has 0 aromatic heterocycles. The van der Waals surface area contributed by atoms with Crippen LogP contribution < -0.4 is 0 Å². The van der Waals surface area contributed by atoms with Gasteiger partial charge in [0.1, 0.15) is 0 Å². The molecule has 0 N–H and O–H groups in total. The number of allylic oxidation sites excluding steroid dienone is 4. The molecule has 0 atom stereocenters. The maximum atomic E-state index is 12.1. The van der Waals surface area contributed by atoms with Gasteiger partial charge in [0.15, 0.2) is 5.78 Å². The van der Waals surface area contributed by atoms with Gasteiger partial charge in [0, 0.05) is 0 Å². The number of Topliss-reactive ketones (excluding diaryl/α,β-unsaturated/α-hetero) is 1. The van der Waals surface area contributed by atoms with Gasteiger partial charge in [-0.1, -0.05) is 53.7 Å². The molecule has 0 radical (unpaired) electrons. The third-order valence-corrected chi connectivity index (χ3v) is 2.46. The van der Waals surface area contributed by atoms with E-state index in [0.29, 0.717) is 0 Å². The number of ketones is 1. The van der Waals surface area contributed by atoms with E-state index in [9.17, 15) is 4.79 Å². The Morgan fingerprint density at radius 1 is 0.812 bits per heavy atom. The number of carbonyl (C=O) groups is 1. The molecule has 0 aromatic carbocycles. The van der Waals surface area contributed by atoms with Crippen LogP contribution in [0.25, 0.3) is 0 Å². The highest BCUT2D eigenvalue weighted by Gasteiger charge is 2.26. The van der Waals surface area contributed by atoms with Crippen molar-refractivity contribution in [3.63, 3.8) is 0 Å². The van der Waals surface area contributed by atoms with Crippen molar-refractivity contribution in [1.82, 2.24) is 0 Å². The summed E-state index contributed by atoms with van der Waals surface area (Å²) in [7, 11) is 0. The van der Waals surface area contributed by atoms with Crippen molar-refractivity contribution >= 4 is 5.78 Å². The molecular formula is C15H24O. The fraction of sp³-hybridized carbons (Fsp3) is 0.667. The molecule has 0 aliphatic heterocycles. The van der Waals surface area contributed by atoms with Gasteiger partial charge in [-0.3, -0.25) is 4.79 Å². The Balaban J connectivity index is 2.92. The van der Waals surface area contributed by atoms with Crippen LogP contribution in [0.2, 0.25) is 0 Å². The Labute approximate surface area is 99.6 Å². The van der Waals surface area contributed by atoms with Crippen molar-refractivity contribution in [2.24, 2.45) is 10.8 Å². The molecule has 90 valence electrons. The Kier molecular flexibility index (Phi) is 3.47. The molecule has 0 spiro atoms. The molecule has 1 nitrogen and oxygen atoms in total. The monoisotopic (exact) mass is 220 g/mol. The number of hydrogen-bond acceptors (Lipinski definition) is 1. The minimum absolute atomic E-state index is 0.0994. The Hall–Kier alpha value is -0.850. The van der Waals surface area contributed by atoms with E-state index in [4.69, 9.17) is 0 Å². The third-order valence-electron chi connectivity index (χ3n) is 2.46. The van der Waals surface area contributed by atoms with Gasteiger partial charge < -0.3 is 0 Å². The smallest absolute Gasteiger partial charge is 0.184 e. The van der Waals surface area contributed by atoms with Crippen LogP contribution in [-0.2, 0) is 4.79 Å². The maximum Gasteiger partial charge on any atom is 0.184 e. The van der Waals surface area contributed by atoms with Crippen molar-refractivity contribution in [1.29, 1.82) is 0 Å². The predicted molar refractivity (Wildman–Crippen MR) is 69.3 cm³/mol. The van der Waals surface area contributed by atoms with E-state index in [1.54, 1.807) is 0 Å². The van der Waals surface area contributed by atoms with Crippen LogP contribution in [0.4, 0.5) is 0 Å². The fourth-order valence-electron chi connectivity index (χ4n) is 2.02. The summed E-state index contributed by atoms with van der Waals surface area (Å²) >= 11 is 0. The van der Waals surface area contributed by atoms with Crippen LogP contribution >= 0.6 is 0 Å². The Morgan fingerprint density at radius 3 is 1.38 bits per heavy atom. The number of carbonyl (C=O) groups excluding carboxylic acids is 1. The molecule has 0 unspecified atom stereocenters. The molecule has 1 heteroatoms. The SMILES string of the molecule is CC(C)(C)C=C1CC/C(=C\C(C)(C)C)C1=O. The second-order valence-electron chi connectivity index (χ2n) is 6.90. The lowest BCUT2D eigenvalue weighted by atomic mass is 9.91. The zero-order valence-corrected chi connectivity index (χ0v) is 11.5. The lowest BCUT2D eigenvalue weighted by Crippen LogP contribution is -2.07. The van der Waals surface area contributed by atoms with Crippen molar-refractivity contribution in [2.75, 3.05) is 0 Å². The Bertz CT molecular complexity index is 309. The van der Waals surface area contributed by atoms with Crippen LogP contribution in [0.1, 0.15) is 54.4 Å². The van der Waals surface area contributed by atoms with Gasteiger partial charge in [0.2, 0.25) is 0 Å². The summed E-state index contributed by atoms with van der Waals surface area (Å²) in [5.41, 5.74) is 2.20. The molecule has 1 fully saturated rings. The van der Waals surface area contributed by atoms with Gasteiger partial charge in [0.25, 0.3) is 0 Å². The molecule has 1 aliphatic carbocycles. The van der Waals surface area contributed by atoms with Crippen LogP contribution in [0.15, 0.2) is 23.3 Å². The summed E-state index contributed by atoms with van der Waals surface area (Å²) in [6.45, 7) is 12.8. The molecule has 1 saturated carbocycles. The van der Waals surface area contributed by atoms with E-state index in [1.165, 1.54) is 0 Å². The van der Waals surface area contributed by atoms with Crippen LogP contribution in [0.3, 0.4) is 0 Å². The Morgan fingerprint density at radius 2 is 1.12 bits per heavy atom. The van der Waals surface area contributed by atoms with E-state index in [1.807, 2.05) is 0 Å². The van der Waals surface area contributed by atoms with E-state index in [0.717, 1.165) is 24.0 Å². The molecule has 0 saturated heterocycles. The minimum Gasteiger partial charge on any atom is -0.289 e. The van der Waals surface area contributed by atoms with Gasteiger partial charge in [-0.15, -0.1) is 0 Å². The molecule has 16 heavy (non-hydrogen) atoms. The standard InChI is InChI=1S/C15H24O/c1-14(2,3)9-11-7-8-12(13(11)16)10-15(4,5)6/h9-10H,7-8H2,1-6H3/b11-9+,12-10?. The van der Waals surface area contributed by atoms with Crippen molar-refractivity contribution in [3.8, 4) is 0 Å². The quantitative estimate of drug-likeness (QED) is 0.556. The summed E-state index contributed by atoms with van der Waals surface area (Å²) in [6.07, 6.45) is 6.08. The average Bonchev–Trinajstić information content (AvgIpc) is 2.30. The van der Waals surface area contributed by atoms with Gasteiger partial charge in [-0.2, -0.15) is 0 Å². The van der Waals surface area contributed by atoms with Crippen LogP contribution in [0.5, 0.6) is 0 Å². The fourth-order valence-corrected chi connectivity index (χ4v) is 2.02. The summed E-state index contributed by atoms with van der Waals surface area (Å²) in [6, 6.07) is 0. The second-order valence-corrected chi connectivity index (χ2v) is 6.90. The predicted octanol–water partition coefficient (Wildman–Crippen LogP) is 4.29. The topological polar surface area (TPSA) is 17.1 Å². The van der Waals surface area contributed by atoms with Crippen molar-refractivity contribution in [3.05, 3.63) is 23.3 Å². The maximum absolute atomic E-state index is 12.1. The second kappa shape index (κ2) is 4.20. The van der Waals surface area contributed by atoms with Gasteiger partial charge >= 0.3 is 0 Å². The molecule has 0 bridgehead atoms. The zero-order valence-electron chi connectivity index (χ0n) is 11.5. The van der Waals surface area contributed by atoms with E-state index in [2.05, 4.69) is 53.7 Å². The molecule has 0 heterocycles. The normalized spacial score (nSPS) is 23.5. The molecular weight excluding hydrogens is 196 g/mol. The van der Waals surface area contributed by atoms with Gasteiger partial charge in [0.05, 0.1) is 0 Å². The number of rotatable bonds is 0. The first-order valence-corrected chi connectivity index (χ1v) is 6.07. The number of hydrogen-bond donors (Lipinski definition) is 0. The lowest BCUT2D eigenvalue weighted by Gasteiger charge is -2.14. The first kappa shape index (κ1) is 13.2. The summed E-state index contributed by atoms with van der Waals surface area (Å²) in [5, 5.41) is 0. The highest BCUT2D eigenvalue weighted by Crippen LogP contribution is 2.32. The highest BCUT2D eigenvalue weighted by atomic mass is 16.1. The van der Waals surface area contributed by atoms with Crippen LogP contribution in [0, 0.1) is 10.8 Å². The summed E-state index contributed by atoms with van der Waals surface area (Å²) < 4.78 is 0. The summed E-state index contributed by atoms with van der Waals surface area (Å²) in [5.74, 6) is 0.268. The van der Waals surface area contributed by atoms with Crippen molar-refractivity contribution < 1.29 is 4.79 Å². The molecule has 1 aliphatic rings. The van der Waals surface area contributed by atoms with Crippen LogP contribution in [-0.4, -0.2) is 5.78 Å². The van der Waals surface area contributed by atoms with Gasteiger partial charge in [-0.25, -0.2) is 0 Å². The first-order valence-electron chi connectivity index (χ1n) is 6.07. The highest BCUT2D eigenvalue weighted by molar-refractivity contribution is 6.10. The largest absolute Gasteiger partial charge is 0.289 e. The molecule has 0 aromatic rings. The first-order chi connectivity index (χ1) is 7.08. The average molecular weight is 220 g/mol. The minimum atomic E-state index is 0.0994. The van der Waals surface area contributed by atoms with Gasteiger partial charge in [-0.05, 0) is 34.8 Å². The zero-order chi connectivity index (χ0) is 12.6. The van der Waals surface area contributed by atoms with E-state index < -0.39 is 0 Å². The van der Waals surface area contributed by atoms with Crippen molar-refractivity contribution in [2.45, 2.75) is 54.4 Å². The molecule has 1 rings (SSSR count). The lowest BCUT2D eigenvalue weighted by molar-refractivity contribution is -0.111. The third kappa shape index (κ3) is 3.96.